The fourth-order valence-electron chi connectivity index (χ4n) is 2.47. The quantitative estimate of drug-likeness (QED) is 0.739. The molecule has 82 valence electrons. The number of benzene rings is 1. The Morgan fingerprint density at radius 2 is 1.80 bits per heavy atom. The molecule has 0 saturated carbocycles. The van der Waals surface area contributed by atoms with E-state index in [4.69, 9.17) is 0 Å². The summed E-state index contributed by atoms with van der Waals surface area (Å²) in [6.45, 7) is 12.4. The lowest BCUT2D eigenvalue weighted by Gasteiger charge is -2.47. The van der Waals surface area contributed by atoms with Gasteiger partial charge in [0, 0.05) is 18.0 Å². The maximum atomic E-state index is 3.49. The zero-order valence-corrected chi connectivity index (χ0v) is 10.4. The first-order valence-corrected chi connectivity index (χ1v) is 5.75. The summed E-state index contributed by atoms with van der Waals surface area (Å²) in [7, 11) is 0. The van der Waals surface area contributed by atoms with Crippen molar-refractivity contribution >= 4 is 0 Å². The first-order chi connectivity index (χ1) is 6.93. The Morgan fingerprint density at radius 3 is 2.27 bits per heavy atom. The van der Waals surface area contributed by atoms with Crippen LogP contribution in [0.25, 0.3) is 0 Å². The number of aryl methyl sites for hydroxylation is 1. The SMILES string of the molecule is Cc1ccc(C2CNC2(C)C)c(C)c1C. The smallest absolute Gasteiger partial charge is 0.0206 e. The first-order valence-electron chi connectivity index (χ1n) is 5.75. The van der Waals surface area contributed by atoms with Gasteiger partial charge in [-0.15, -0.1) is 0 Å². The highest BCUT2D eigenvalue weighted by Gasteiger charge is 2.39. The molecule has 1 aliphatic heterocycles. The van der Waals surface area contributed by atoms with Crippen LogP contribution in [0.3, 0.4) is 0 Å². The van der Waals surface area contributed by atoms with Gasteiger partial charge in [-0.25, -0.2) is 0 Å². The van der Waals surface area contributed by atoms with Crippen molar-refractivity contribution in [3.8, 4) is 0 Å². The van der Waals surface area contributed by atoms with E-state index in [9.17, 15) is 0 Å². The summed E-state index contributed by atoms with van der Waals surface area (Å²) < 4.78 is 0. The highest BCUT2D eigenvalue weighted by molar-refractivity contribution is 5.43. The first kappa shape index (κ1) is 10.7. The highest BCUT2D eigenvalue weighted by atomic mass is 15.1. The molecule has 1 aromatic carbocycles. The number of hydrogen-bond acceptors (Lipinski definition) is 1. The van der Waals surface area contributed by atoms with Crippen molar-refractivity contribution in [2.45, 2.75) is 46.1 Å². The van der Waals surface area contributed by atoms with E-state index in [0.29, 0.717) is 5.92 Å². The molecule has 1 aliphatic rings. The van der Waals surface area contributed by atoms with Gasteiger partial charge in [0.2, 0.25) is 0 Å². The van der Waals surface area contributed by atoms with Gasteiger partial charge in [0.15, 0.2) is 0 Å². The summed E-state index contributed by atoms with van der Waals surface area (Å²) in [4.78, 5) is 0. The van der Waals surface area contributed by atoms with Crippen LogP contribution in [-0.2, 0) is 0 Å². The predicted molar refractivity (Wildman–Crippen MR) is 65.5 cm³/mol. The predicted octanol–water partition coefficient (Wildman–Crippen LogP) is 3.08. The van der Waals surface area contributed by atoms with Crippen LogP contribution < -0.4 is 5.32 Å². The van der Waals surface area contributed by atoms with E-state index in [0.717, 1.165) is 6.54 Å². The Kier molecular flexibility index (Phi) is 2.38. The van der Waals surface area contributed by atoms with Gasteiger partial charge in [0.25, 0.3) is 0 Å². The van der Waals surface area contributed by atoms with Crippen molar-refractivity contribution in [1.29, 1.82) is 0 Å². The number of nitrogens with one attached hydrogen (secondary N) is 1. The molecule has 1 fully saturated rings. The van der Waals surface area contributed by atoms with Gasteiger partial charge >= 0.3 is 0 Å². The van der Waals surface area contributed by atoms with Gasteiger partial charge in [0.05, 0.1) is 0 Å². The van der Waals surface area contributed by atoms with E-state index >= 15 is 0 Å². The van der Waals surface area contributed by atoms with Gasteiger partial charge in [0.1, 0.15) is 0 Å². The van der Waals surface area contributed by atoms with Crippen molar-refractivity contribution < 1.29 is 0 Å². The fourth-order valence-corrected chi connectivity index (χ4v) is 2.47. The van der Waals surface area contributed by atoms with Crippen molar-refractivity contribution in [3.63, 3.8) is 0 Å². The average Bonchev–Trinajstić information content (AvgIpc) is 2.17. The lowest BCUT2D eigenvalue weighted by Crippen LogP contribution is -2.59. The van der Waals surface area contributed by atoms with Crippen LogP contribution >= 0.6 is 0 Å². The zero-order valence-electron chi connectivity index (χ0n) is 10.4. The molecule has 1 nitrogen and oxygen atoms in total. The summed E-state index contributed by atoms with van der Waals surface area (Å²) in [6, 6.07) is 4.57. The molecule has 0 bridgehead atoms. The van der Waals surface area contributed by atoms with Gasteiger partial charge in [-0.3, -0.25) is 0 Å². The minimum atomic E-state index is 0.270. The maximum Gasteiger partial charge on any atom is 0.0206 e. The van der Waals surface area contributed by atoms with E-state index in [1.165, 1.54) is 22.3 Å². The highest BCUT2D eigenvalue weighted by Crippen LogP contribution is 2.37. The van der Waals surface area contributed by atoms with Crippen LogP contribution in [0.15, 0.2) is 12.1 Å². The molecule has 1 N–H and O–H groups in total. The zero-order chi connectivity index (χ0) is 11.2. The standard InChI is InChI=1S/C14H21N/c1-9-6-7-12(11(3)10(9)2)13-8-15-14(13,4)5/h6-7,13,15H,8H2,1-5H3. The number of rotatable bonds is 1. The molecule has 1 saturated heterocycles. The van der Waals surface area contributed by atoms with Crippen LogP contribution in [0.1, 0.15) is 42.0 Å². The minimum absolute atomic E-state index is 0.270. The molecule has 1 aromatic rings. The second-order valence-electron chi connectivity index (χ2n) is 5.38. The maximum absolute atomic E-state index is 3.49. The second-order valence-corrected chi connectivity index (χ2v) is 5.38. The van der Waals surface area contributed by atoms with Crippen LogP contribution in [0.2, 0.25) is 0 Å². The summed E-state index contributed by atoms with van der Waals surface area (Å²) in [5.41, 5.74) is 6.14. The Morgan fingerprint density at radius 1 is 1.13 bits per heavy atom. The molecule has 0 amide bonds. The van der Waals surface area contributed by atoms with Crippen LogP contribution in [0.5, 0.6) is 0 Å². The van der Waals surface area contributed by atoms with E-state index in [1.54, 1.807) is 0 Å². The molecule has 2 rings (SSSR count). The molecule has 1 unspecified atom stereocenters. The normalized spacial score (nSPS) is 23.7. The third-order valence-corrected chi connectivity index (χ3v) is 4.11. The van der Waals surface area contributed by atoms with Crippen molar-refractivity contribution in [1.82, 2.24) is 5.32 Å². The van der Waals surface area contributed by atoms with Crippen LogP contribution in [0.4, 0.5) is 0 Å². The molecule has 0 aromatic heterocycles. The minimum Gasteiger partial charge on any atom is -0.310 e. The van der Waals surface area contributed by atoms with E-state index in [-0.39, 0.29) is 5.54 Å². The van der Waals surface area contributed by atoms with E-state index in [2.05, 4.69) is 52.1 Å². The largest absolute Gasteiger partial charge is 0.310 e. The third-order valence-electron chi connectivity index (χ3n) is 4.11. The molecule has 1 heterocycles. The van der Waals surface area contributed by atoms with Crippen molar-refractivity contribution in [2.75, 3.05) is 6.54 Å². The van der Waals surface area contributed by atoms with Crippen LogP contribution in [0, 0.1) is 20.8 Å². The topological polar surface area (TPSA) is 12.0 Å². The van der Waals surface area contributed by atoms with Crippen LogP contribution in [-0.4, -0.2) is 12.1 Å². The summed E-state index contributed by atoms with van der Waals surface area (Å²) >= 11 is 0. The third kappa shape index (κ3) is 1.59. The Hall–Kier alpha value is -0.820. The fraction of sp³-hybridized carbons (Fsp3) is 0.571. The molecular weight excluding hydrogens is 182 g/mol. The van der Waals surface area contributed by atoms with Gasteiger partial charge in [-0.1, -0.05) is 12.1 Å². The van der Waals surface area contributed by atoms with Gasteiger partial charge in [-0.2, -0.15) is 0 Å². The second kappa shape index (κ2) is 3.34. The molecule has 0 radical (unpaired) electrons. The van der Waals surface area contributed by atoms with Gasteiger partial charge < -0.3 is 5.32 Å². The Balaban J connectivity index is 2.42. The monoisotopic (exact) mass is 203 g/mol. The summed E-state index contributed by atoms with van der Waals surface area (Å²) in [5, 5.41) is 3.49. The molecule has 0 spiro atoms. The molecule has 1 heteroatoms. The van der Waals surface area contributed by atoms with Crippen molar-refractivity contribution in [2.24, 2.45) is 0 Å². The molecule has 15 heavy (non-hydrogen) atoms. The van der Waals surface area contributed by atoms with E-state index in [1.807, 2.05) is 0 Å². The van der Waals surface area contributed by atoms with Crippen molar-refractivity contribution in [3.05, 3.63) is 34.4 Å². The molecular formula is C14H21N. The van der Waals surface area contributed by atoms with E-state index < -0.39 is 0 Å². The molecule has 1 atom stereocenters. The average molecular weight is 203 g/mol. The number of hydrogen-bond donors (Lipinski definition) is 1. The summed E-state index contributed by atoms with van der Waals surface area (Å²) in [5.74, 6) is 0.678. The molecule has 0 aliphatic carbocycles. The Labute approximate surface area is 92.9 Å². The summed E-state index contributed by atoms with van der Waals surface area (Å²) in [6.07, 6.45) is 0. The Bertz CT molecular complexity index is 391. The lowest BCUT2D eigenvalue weighted by atomic mass is 9.73. The van der Waals surface area contributed by atoms with Gasteiger partial charge in [-0.05, 0) is 56.9 Å². The lowest BCUT2D eigenvalue weighted by molar-refractivity contribution is 0.207.